The van der Waals surface area contributed by atoms with Gasteiger partial charge in [-0.2, -0.15) is 27.6 Å². The molecule has 9 nitrogen and oxygen atoms in total. The zero-order valence-electron chi connectivity index (χ0n) is 20.4. The average molecular weight is 549 g/mol. The molecule has 3 heterocycles. The first-order chi connectivity index (χ1) is 17.1. The van der Waals surface area contributed by atoms with E-state index in [4.69, 9.17) is 0 Å². The Bertz CT molecular complexity index is 1460. The normalized spacial score (nSPS) is 17.8. The quantitative estimate of drug-likeness (QED) is 0.487. The average Bonchev–Trinajstić information content (AvgIpc) is 3.11. The van der Waals surface area contributed by atoms with E-state index in [-0.39, 0.29) is 53.8 Å². The van der Waals surface area contributed by atoms with Crippen LogP contribution in [-0.2, 0) is 23.2 Å². The number of hydrogen-bond acceptors (Lipinski definition) is 7. The van der Waals surface area contributed by atoms with Gasteiger partial charge in [-0.25, -0.2) is 26.9 Å². The summed E-state index contributed by atoms with van der Waals surface area (Å²) in [6, 6.07) is 0.0119. The highest BCUT2D eigenvalue weighted by atomic mass is 32.2. The fourth-order valence-corrected chi connectivity index (χ4v) is 5.36. The first-order valence-corrected chi connectivity index (χ1v) is 13.1. The van der Waals surface area contributed by atoms with Gasteiger partial charge in [-0.15, -0.1) is 0 Å². The molecular weight excluding hydrogens is 523 g/mol. The lowest BCUT2D eigenvalue weighted by Crippen LogP contribution is -2.55. The number of hydrogen-bond donors (Lipinski definition) is 1. The van der Waals surface area contributed by atoms with Crippen LogP contribution in [0.15, 0.2) is 12.3 Å². The molecule has 1 fully saturated rings. The van der Waals surface area contributed by atoms with Crippen molar-refractivity contribution < 1.29 is 35.5 Å². The minimum absolute atomic E-state index is 0.0828. The summed E-state index contributed by atoms with van der Waals surface area (Å²) in [4.78, 5) is 10.7. The number of aryl methyl sites for hydroxylation is 1. The molecule has 0 aliphatic carbocycles. The highest BCUT2D eigenvalue weighted by molar-refractivity contribution is 7.88. The number of aromatic nitrogens is 4. The van der Waals surface area contributed by atoms with Gasteiger partial charge in [0.15, 0.2) is 23.0 Å². The first-order valence-electron chi connectivity index (χ1n) is 11.3. The van der Waals surface area contributed by atoms with Crippen LogP contribution in [0.5, 0.6) is 5.75 Å². The maximum absolute atomic E-state index is 14.7. The summed E-state index contributed by atoms with van der Waals surface area (Å²) >= 11 is 0. The minimum Gasteiger partial charge on any atom is -0.503 e. The van der Waals surface area contributed by atoms with E-state index >= 15 is 0 Å². The Kier molecular flexibility index (Phi) is 6.82. The van der Waals surface area contributed by atoms with Crippen molar-refractivity contribution in [2.45, 2.75) is 32.5 Å². The van der Waals surface area contributed by atoms with Crippen LogP contribution in [0.1, 0.15) is 25.8 Å². The van der Waals surface area contributed by atoms with Gasteiger partial charge in [-0.05, 0) is 18.4 Å². The number of piperazine rings is 1. The number of anilines is 1. The SMILES string of the molecule is CC(C)CC1CN(S(C)(=O)=O)CCN1c1ncc2c(-c3cc(C(F)(F)F)c(F)c(O)c3F)nn(C)c2n1. The van der Waals surface area contributed by atoms with E-state index in [0.717, 1.165) is 6.26 Å². The van der Waals surface area contributed by atoms with Gasteiger partial charge in [0.25, 0.3) is 0 Å². The van der Waals surface area contributed by atoms with Gasteiger partial charge in [-0.3, -0.25) is 0 Å². The van der Waals surface area contributed by atoms with Crippen molar-refractivity contribution in [1.82, 2.24) is 24.1 Å². The van der Waals surface area contributed by atoms with Crippen LogP contribution in [0.4, 0.5) is 27.9 Å². The van der Waals surface area contributed by atoms with E-state index in [0.29, 0.717) is 13.0 Å². The Morgan fingerprint density at radius 2 is 1.86 bits per heavy atom. The second-order valence-corrected chi connectivity index (χ2v) is 11.4. The van der Waals surface area contributed by atoms with Crippen LogP contribution in [0.2, 0.25) is 0 Å². The van der Waals surface area contributed by atoms with Crippen LogP contribution < -0.4 is 4.90 Å². The number of alkyl halides is 3. The predicted molar refractivity (Wildman–Crippen MR) is 125 cm³/mol. The number of aromatic hydroxyl groups is 1. The summed E-state index contributed by atoms with van der Waals surface area (Å²) in [6.45, 7) is 4.74. The fourth-order valence-electron chi connectivity index (χ4n) is 4.50. The third kappa shape index (κ3) is 5.06. The lowest BCUT2D eigenvalue weighted by molar-refractivity contribution is -0.140. The number of sulfonamides is 1. The zero-order chi connectivity index (χ0) is 27.4. The first kappa shape index (κ1) is 27.0. The Hall–Kier alpha value is -3.07. The molecule has 37 heavy (non-hydrogen) atoms. The summed E-state index contributed by atoms with van der Waals surface area (Å²) in [6.07, 6.45) is -2.13. The molecule has 1 saturated heterocycles. The van der Waals surface area contributed by atoms with E-state index < -0.39 is 44.7 Å². The van der Waals surface area contributed by atoms with Gasteiger partial charge < -0.3 is 10.0 Å². The smallest absolute Gasteiger partial charge is 0.419 e. The highest BCUT2D eigenvalue weighted by Crippen LogP contribution is 2.41. The van der Waals surface area contributed by atoms with Crippen molar-refractivity contribution in [1.29, 1.82) is 0 Å². The van der Waals surface area contributed by atoms with Crippen LogP contribution in [0.3, 0.4) is 0 Å². The van der Waals surface area contributed by atoms with E-state index in [1.54, 1.807) is 0 Å². The van der Waals surface area contributed by atoms with Crippen molar-refractivity contribution in [2.24, 2.45) is 13.0 Å². The Balaban J connectivity index is 1.79. The van der Waals surface area contributed by atoms with Crippen LogP contribution in [0, 0.1) is 17.6 Å². The summed E-state index contributed by atoms with van der Waals surface area (Å²) in [5, 5.41) is 13.9. The Morgan fingerprint density at radius 1 is 1.19 bits per heavy atom. The molecule has 1 aromatic carbocycles. The van der Waals surface area contributed by atoms with Crippen LogP contribution >= 0.6 is 0 Å². The van der Waals surface area contributed by atoms with Gasteiger partial charge in [0.05, 0.1) is 17.2 Å². The van der Waals surface area contributed by atoms with Gasteiger partial charge in [0.2, 0.25) is 16.0 Å². The maximum atomic E-state index is 14.7. The fraction of sp³-hybridized carbons (Fsp3) is 0.500. The van der Waals surface area contributed by atoms with Crippen molar-refractivity contribution in [3.05, 3.63) is 29.5 Å². The molecule has 1 N–H and O–H groups in total. The molecule has 1 aliphatic rings. The van der Waals surface area contributed by atoms with Crippen molar-refractivity contribution >= 4 is 27.0 Å². The van der Waals surface area contributed by atoms with E-state index in [1.165, 1.54) is 22.2 Å². The van der Waals surface area contributed by atoms with Crippen LogP contribution in [-0.4, -0.2) is 69.5 Å². The van der Waals surface area contributed by atoms with E-state index in [9.17, 15) is 35.5 Å². The molecule has 15 heteroatoms. The lowest BCUT2D eigenvalue weighted by atomic mass is 10.0. The van der Waals surface area contributed by atoms with Crippen molar-refractivity contribution in [3.63, 3.8) is 0 Å². The summed E-state index contributed by atoms with van der Waals surface area (Å²) in [5.74, 6) is -4.99. The number of benzene rings is 1. The third-order valence-electron chi connectivity index (χ3n) is 6.22. The van der Waals surface area contributed by atoms with Crippen molar-refractivity contribution in [2.75, 3.05) is 30.8 Å². The Morgan fingerprint density at radius 3 is 2.46 bits per heavy atom. The maximum Gasteiger partial charge on any atom is 0.419 e. The molecule has 4 rings (SSSR count). The number of phenolic OH excluding ortho intramolecular Hbond substituents is 1. The molecule has 3 aromatic rings. The monoisotopic (exact) mass is 548 g/mol. The lowest BCUT2D eigenvalue weighted by Gasteiger charge is -2.41. The molecule has 0 amide bonds. The van der Waals surface area contributed by atoms with E-state index in [2.05, 4.69) is 15.1 Å². The molecule has 0 radical (unpaired) electrons. The largest absolute Gasteiger partial charge is 0.503 e. The minimum atomic E-state index is -5.18. The summed E-state index contributed by atoms with van der Waals surface area (Å²) < 4.78 is 95.3. The molecule has 1 atom stereocenters. The second-order valence-electron chi connectivity index (χ2n) is 9.42. The van der Waals surface area contributed by atoms with Crippen LogP contribution in [0.25, 0.3) is 22.3 Å². The second kappa shape index (κ2) is 9.35. The molecule has 2 aromatic heterocycles. The predicted octanol–water partition coefficient (Wildman–Crippen LogP) is 3.53. The summed E-state index contributed by atoms with van der Waals surface area (Å²) in [7, 11) is -1.96. The molecule has 1 unspecified atom stereocenters. The van der Waals surface area contributed by atoms with Gasteiger partial charge >= 0.3 is 6.18 Å². The number of halogens is 5. The topological polar surface area (TPSA) is 104 Å². The number of phenols is 1. The molecule has 0 saturated carbocycles. The van der Waals surface area contributed by atoms with E-state index in [1.807, 2.05) is 18.7 Å². The van der Waals surface area contributed by atoms with Gasteiger partial charge in [-0.1, -0.05) is 13.8 Å². The Labute approximate surface area is 209 Å². The molecule has 1 aliphatic heterocycles. The molecular formula is C22H25F5N6O3S. The number of nitrogens with zero attached hydrogens (tertiary/aromatic N) is 6. The van der Waals surface area contributed by atoms with Gasteiger partial charge in [0.1, 0.15) is 5.69 Å². The number of rotatable bonds is 5. The zero-order valence-corrected chi connectivity index (χ0v) is 21.2. The summed E-state index contributed by atoms with van der Waals surface area (Å²) in [5.41, 5.74) is -2.74. The third-order valence-corrected chi connectivity index (χ3v) is 7.49. The molecule has 0 spiro atoms. The molecule has 202 valence electrons. The van der Waals surface area contributed by atoms with Gasteiger partial charge in [0, 0.05) is 44.5 Å². The standard InChI is InChI=1S/C22H25F5N6O3S/c1-11(2)7-12-10-32(37(4,35)36)5-6-33(12)21-28-9-14-18(30-31(3)20(14)29-21)13-8-15(22(25,26)27)17(24)19(34)16(13)23/h8-9,11-12,34H,5-7,10H2,1-4H3. The number of fused-ring (bicyclic) bond motifs is 1. The highest BCUT2D eigenvalue weighted by Gasteiger charge is 2.38. The molecule has 0 bridgehead atoms. The van der Waals surface area contributed by atoms with Crippen molar-refractivity contribution in [3.8, 4) is 17.0 Å².